The fourth-order valence-electron chi connectivity index (χ4n) is 2.14. The van der Waals surface area contributed by atoms with Crippen LogP contribution in [0.15, 0.2) is 0 Å². The number of nitrogens with zero attached hydrogens (tertiary/aromatic N) is 1. The van der Waals surface area contributed by atoms with Crippen molar-refractivity contribution in [3.8, 4) is 6.07 Å². The number of hydrogen-bond donors (Lipinski definition) is 1. The fourth-order valence-corrected chi connectivity index (χ4v) is 2.97. The number of hydrogen-bond acceptors (Lipinski definition) is 3. The van der Waals surface area contributed by atoms with Crippen molar-refractivity contribution in [1.82, 2.24) is 4.72 Å². The number of rotatable bonds is 3. The van der Waals surface area contributed by atoms with Crippen molar-refractivity contribution in [2.75, 3.05) is 0 Å². The number of nitriles is 1. The van der Waals surface area contributed by atoms with Crippen LogP contribution in [-0.2, 0) is 11.4 Å². The Bertz CT molecular complexity index is 274. The van der Waals surface area contributed by atoms with Gasteiger partial charge in [0.25, 0.3) is 0 Å². The van der Waals surface area contributed by atoms with E-state index >= 15 is 0 Å². The molecule has 0 saturated heterocycles. The lowest BCUT2D eigenvalue weighted by Crippen LogP contribution is -2.47. The lowest BCUT2D eigenvalue weighted by Gasteiger charge is -2.32. The third-order valence-corrected chi connectivity index (χ3v) is 5.04. The second-order valence-electron chi connectivity index (χ2n) is 6.13. The molecular weight excluding hydrogens is 232 g/mol. The molecule has 98 valence electrons. The van der Waals surface area contributed by atoms with Crippen LogP contribution in [0.1, 0.15) is 53.4 Å². The van der Waals surface area contributed by atoms with E-state index in [0.29, 0.717) is 5.92 Å². The predicted molar refractivity (Wildman–Crippen MR) is 71.6 cm³/mol. The van der Waals surface area contributed by atoms with Gasteiger partial charge in [0.05, 0.1) is 6.07 Å². The molecule has 0 bridgehead atoms. The molecule has 0 spiro atoms. The molecule has 1 rings (SSSR count). The minimum atomic E-state index is -1.15. The van der Waals surface area contributed by atoms with Crippen LogP contribution in [0.4, 0.5) is 0 Å². The average Bonchev–Trinajstić information content (AvgIpc) is 2.25. The summed E-state index contributed by atoms with van der Waals surface area (Å²) in [5.41, 5.74) is 0. The lowest BCUT2D eigenvalue weighted by atomic mass is 9.80. The van der Waals surface area contributed by atoms with Gasteiger partial charge in [0.2, 0.25) is 0 Å². The summed E-state index contributed by atoms with van der Waals surface area (Å²) in [5, 5.41) is 9.21. The van der Waals surface area contributed by atoms with E-state index in [-0.39, 0.29) is 10.8 Å². The van der Waals surface area contributed by atoms with E-state index in [1.165, 1.54) is 12.8 Å². The van der Waals surface area contributed by atoms with Crippen molar-refractivity contribution in [1.29, 1.82) is 5.26 Å². The Balaban J connectivity index is 2.52. The summed E-state index contributed by atoms with van der Waals surface area (Å²) >= 11 is -1.15. The van der Waals surface area contributed by atoms with Gasteiger partial charge in [-0.2, -0.15) is 5.26 Å². The first-order valence-electron chi connectivity index (χ1n) is 6.42. The summed E-state index contributed by atoms with van der Waals surface area (Å²) in [6.07, 6.45) is 4.53. The van der Waals surface area contributed by atoms with Crippen LogP contribution in [0.25, 0.3) is 0 Å². The molecule has 0 unspecified atom stereocenters. The Kier molecular flexibility index (Phi) is 5.30. The minimum Gasteiger partial charge on any atom is -0.598 e. The summed E-state index contributed by atoms with van der Waals surface area (Å²) in [6, 6.07) is 2.02. The zero-order chi connectivity index (χ0) is 13.1. The second-order valence-corrected chi connectivity index (χ2v) is 8.12. The molecule has 0 aromatic carbocycles. The highest BCUT2D eigenvalue weighted by atomic mass is 32.2. The molecule has 0 aromatic rings. The van der Waals surface area contributed by atoms with Gasteiger partial charge >= 0.3 is 0 Å². The Hall–Kier alpha value is -0.240. The van der Waals surface area contributed by atoms with E-state index in [2.05, 4.69) is 17.7 Å². The van der Waals surface area contributed by atoms with Crippen LogP contribution in [0, 0.1) is 23.2 Å². The van der Waals surface area contributed by atoms with E-state index in [1.54, 1.807) is 0 Å². The van der Waals surface area contributed by atoms with Crippen molar-refractivity contribution < 1.29 is 4.55 Å². The van der Waals surface area contributed by atoms with Gasteiger partial charge in [-0.05, 0) is 45.4 Å². The van der Waals surface area contributed by atoms with Crippen molar-refractivity contribution in [3.05, 3.63) is 0 Å². The van der Waals surface area contributed by atoms with Gasteiger partial charge < -0.3 is 4.55 Å². The van der Waals surface area contributed by atoms with Gasteiger partial charge in [0, 0.05) is 11.4 Å². The molecule has 0 amide bonds. The smallest absolute Gasteiger partial charge is 0.142 e. The Morgan fingerprint density at radius 1 is 1.29 bits per heavy atom. The zero-order valence-electron chi connectivity index (χ0n) is 11.3. The minimum absolute atomic E-state index is 0.262. The molecule has 0 heterocycles. The predicted octanol–water partition coefficient (Wildman–Crippen LogP) is 2.76. The van der Waals surface area contributed by atoms with Gasteiger partial charge in [-0.15, -0.1) is 4.72 Å². The molecular formula is C13H24N2OS. The van der Waals surface area contributed by atoms with Crippen LogP contribution in [0.2, 0.25) is 0 Å². The van der Waals surface area contributed by atoms with Crippen molar-refractivity contribution in [2.45, 2.75) is 64.2 Å². The van der Waals surface area contributed by atoms with Gasteiger partial charge in [-0.25, -0.2) is 0 Å². The molecule has 4 heteroatoms. The van der Waals surface area contributed by atoms with E-state index < -0.39 is 11.4 Å². The molecule has 0 aromatic heterocycles. The maximum Gasteiger partial charge on any atom is 0.142 e. The van der Waals surface area contributed by atoms with Crippen LogP contribution in [-0.4, -0.2) is 15.3 Å². The zero-order valence-corrected chi connectivity index (χ0v) is 12.1. The van der Waals surface area contributed by atoms with Crippen molar-refractivity contribution in [3.63, 3.8) is 0 Å². The highest BCUT2D eigenvalue weighted by Crippen LogP contribution is 2.31. The Morgan fingerprint density at radius 3 is 2.24 bits per heavy atom. The molecule has 1 aliphatic rings. The summed E-state index contributed by atoms with van der Waals surface area (Å²) in [5.74, 6) is 1.14. The van der Waals surface area contributed by atoms with Gasteiger partial charge in [-0.3, -0.25) is 0 Å². The normalized spacial score (nSPS) is 29.4. The molecule has 0 aliphatic heterocycles. The topological polar surface area (TPSA) is 58.9 Å². The maximum absolute atomic E-state index is 12.0. The van der Waals surface area contributed by atoms with Crippen molar-refractivity contribution >= 4 is 11.4 Å². The lowest BCUT2D eigenvalue weighted by molar-refractivity contribution is 0.267. The van der Waals surface area contributed by atoms with E-state index in [4.69, 9.17) is 0 Å². The molecule has 1 fully saturated rings. The van der Waals surface area contributed by atoms with Crippen LogP contribution in [0.3, 0.4) is 0 Å². The SMILES string of the molecule is CC(C)(C)[S@+]([O-])N[C@@H](C#N)[C@H]1CC[C@H](C)CC1. The number of nitrogens with one attached hydrogen (secondary N) is 1. The highest BCUT2D eigenvalue weighted by molar-refractivity contribution is 7.90. The van der Waals surface area contributed by atoms with E-state index in [9.17, 15) is 9.81 Å². The van der Waals surface area contributed by atoms with E-state index in [1.807, 2.05) is 20.8 Å². The molecule has 1 saturated carbocycles. The monoisotopic (exact) mass is 256 g/mol. The third-order valence-electron chi connectivity index (χ3n) is 3.46. The molecule has 1 N–H and O–H groups in total. The summed E-state index contributed by atoms with van der Waals surface area (Å²) < 4.78 is 14.7. The summed E-state index contributed by atoms with van der Waals surface area (Å²) in [7, 11) is 0. The van der Waals surface area contributed by atoms with Gasteiger partial charge in [0.15, 0.2) is 0 Å². The third kappa shape index (κ3) is 4.50. The second kappa shape index (κ2) is 6.08. The van der Waals surface area contributed by atoms with Crippen LogP contribution >= 0.6 is 0 Å². The van der Waals surface area contributed by atoms with Crippen molar-refractivity contribution in [2.24, 2.45) is 11.8 Å². The largest absolute Gasteiger partial charge is 0.598 e. The standard InChI is InChI=1S/C13H24N2OS/c1-10-5-7-11(8-6-10)12(9-14)15-17(16)13(2,3)4/h10-12,15H,5-8H2,1-4H3/t10-,11-,12-,17-/m0/s1. The first-order chi connectivity index (χ1) is 7.84. The summed E-state index contributed by atoms with van der Waals surface area (Å²) in [6.45, 7) is 8.03. The van der Waals surface area contributed by atoms with Crippen LogP contribution < -0.4 is 4.72 Å². The maximum atomic E-state index is 12.0. The first-order valence-corrected chi connectivity index (χ1v) is 7.57. The van der Waals surface area contributed by atoms with E-state index in [0.717, 1.165) is 18.8 Å². The molecule has 3 nitrogen and oxygen atoms in total. The Labute approximate surface area is 108 Å². The molecule has 1 aliphatic carbocycles. The highest BCUT2D eigenvalue weighted by Gasteiger charge is 2.33. The molecule has 2 atom stereocenters. The average molecular weight is 256 g/mol. The summed E-state index contributed by atoms with van der Waals surface area (Å²) in [4.78, 5) is 0. The quantitative estimate of drug-likeness (QED) is 0.790. The molecule has 17 heavy (non-hydrogen) atoms. The van der Waals surface area contributed by atoms with Gasteiger partial charge in [-0.1, -0.05) is 19.8 Å². The Morgan fingerprint density at radius 2 is 1.82 bits per heavy atom. The molecule has 0 radical (unpaired) electrons. The first kappa shape index (κ1) is 14.8. The van der Waals surface area contributed by atoms with Crippen LogP contribution in [0.5, 0.6) is 0 Å². The van der Waals surface area contributed by atoms with Gasteiger partial charge in [0.1, 0.15) is 10.8 Å². The fraction of sp³-hybridized carbons (Fsp3) is 0.923.